The summed E-state index contributed by atoms with van der Waals surface area (Å²) in [5.74, 6) is 1.59. The van der Waals surface area contributed by atoms with Gasteiger partial charge in [0.1, 0.15) is 11.5 Å². The monoisotopic (exact) mass is 351 g/mol. The first-order valence-electron chi connectivity index (χ1n) is 8.89. The van der Waals surface area contributed by atoms with Crippen molar-refractivity contribution in [3.63, 3.8) is 0 Å². The number of nitrogens with zero attached hydrogens (tertiary/aromatic N) is 1. The number of carbonyl (C=O) groups is 1. The summed E-state index contributed by atoms with van der Waals surface area (Å²) in [5, 5.41) is 0. The van der Waals surface area contributed by atoms with Crippen LogP contribution < -0.4 is 9.47 Å². The first-order valence-corrected chi connectivity index (χ1v) is 8.89. The Balaban J connectivity index is 1.83. The standard InChI is InChI=1S/C22H25NO3/c1-16-6-4-7-17(14-16)9-12-22(24)23-13-5-8-20(23)19-15-18(25-2)10-11-21(19)26-3/h4,6-7,9-12,14-15,20H,5,8,13H2,1-3H3/b12-9+/t20-/m1/s1. The summed E-state index contributed by atoms with van der Waals surface area (Å²) in [6.45, 7) is 2.80. The van der Waals surface area contributed by atoms with Crippen LogP contribution in [0.4, 0.5) is 0 Å². The molecule has 2 aromatic carbocycles. The lowest BCUT2D eigenvalue weighted by molar-refractivity contribution is -0.126. The van der Waals surface area contributed by atoms with Crippen molar-refractivity contribution in [3.05, 3.63) is 65.2 Å². The van der Waals surface area contributed by atoms with Gasteiger partial charge in [-0.3, -0.25) is 4.79 Å². The van der Waals surface area contributed by atoms with Gasteiger partial charge in [0, 0.05) is 18.2 Å². The van der Waals surface area contributed by atoms with Crippen molar-refractivity contribution in [2.75, 3.05) is 20.8 Å². The first kappa shape index (κ1) is 18.1. The fourth-order valence-corrected chi connectivity index (χ4v) is 3.49. The Hall–Kier alpha value is -2.75. The molecule has 1 aliphatic rings. The summed E-state index contributed by atoms with van der Waals surface area (Å²) < 4.78 is 10.9. The van der Waals surface area contributed by atoms with Gasteiger partial charge in [-0.05, 0) is 49.6 Å². The van der Waals surface area contributed by atoms with Gasteiger partial charge in [-0.1, -0.05) is 29.8 Å². The molecule has 0 N–H and O–H groups in total. The molecule has 2 aromatic rings. The predicted molar refractivity (Wildman–Crippen MR) is 103 cm³/mol. The zero-order valence-corrected chi connectivity index (χ0v) is 15.6. The minimum absolute atomic E-state index is 0.00899. The lowest BCUT2D eigenvalue weighted by Gasteiger charge is -2.25. The molecule has 1 heterocycles. The predicted octanol–water partition coefficient (Wildman–Crippen LogP) is 4.39. The minimum atomic E-state index is 0.00899. The molecule has 0 unspecified atom stereocenters. The molecular formula is C22H25NO3. The summed E-state index contributed by atoms with van der Waals surface area (Å²) in [7, 11) is 3.30. The molecule has 1 aliphatic heterocycles. The smallest absolute Gasteiger partial charge is 0.247 e. The zero-order valence-electron chi connectivity index (χ0n) is 15.6. The first-order chi connectivity index (χ1) is 12.6. The lowest BCUT2D eigenvalue weighted by Crippen LogP contribution is -2.29. The van der Waals surface area contributed by atoms with E-state index in [-0.39, 0.29) is 11.9 Å². The highest BCUT2D eigenvalue weighted by molar-refractivity contribution is 5.92. The molecule has 0 bridgehead atoms. The molecule has 4 nitrogen and oxygen atoms in total. The van der Waals surface area contributed by atoms with Crippen molar-refractivity contribution in [3.8, 4) is 11.5 Å². The highest BCUT2D eigenvalue weighted by Gasteiger charge is 2.31. The van der Waals surface area contributed by atoms with Gasteiger partial charge in [0.2, 0.25) is 5.91 Å². The van der Waals surface area contributed by atoms with Crippen LogP contribution in [0.2, 0.25) is 0 Å². The summed E-state index contributed by atoms with van der Waals surface area (Å²) in [6.07, 6.45) is 5.45. The van der Waals surface area contributed by atoms with Gasteiger partial charge in [0.25, 0.3) is 0 Å². The van der Waals surface area contributed by atoms with Crippen molar-refractivity contribution in [1.29, 1.82) is 0 Å². The Labute approximate surface area is 155 Å². The molecule has 1 amide bonds. The molecule has 136 valence electrons. The Morgan fingerprint density at radius 3 is 2.73 bits per heavy atom. The van der Waals surface area contributed by atoms with Crippen LogP contribution in [0.3, 0.4) is 0 Å². The second-order valence-corrected chi connectivity index (χ2v) is 6.55. The Bertz CT molecular complexity index is 813. The maximum absolute atomic E-state index is 12.8. The van der Waals surface area contributed by atoms with Crippen molar-refractivity contribution in [1.82, 2.24) is 4.90 Å². The third-order valence-corrected chi connectivity index (χ3v) is 4.79. The fourth-order valence-electron chi connectivity index (χ4n) is 3.49. The number of aryl methyl sites for hydroxylation is 1. The highest BCUT2D eigenvalue weighted by Crippen LogP contribution is 2.39. The van der Waals surface area contributed by atoms with Gasteiger partial charge in [-0.15, -0.1) is 0 Å². The number of carbonyl (C=O) groups excluding carboxylic acids is 1. The van der Waals surface area contributed by atoms with E-state index in [0.29, 0.717) is 0 Å². The van der Waals surface area contributed by atoms with Gasteiger partial charge < -0.3 is 14.4 Å². The Kier molecular flexibility index (Phi) is 5.61. The average Bonchev–Trinajstić information content (AvgIpc) is 3.15. The van der Waals surface area contributed by atoms with Gasteiger partial charge in [-0.25, -0.2) is 0 Å². The quantitative estimate of drug-likeness (QED) is 0.750. The third-order valence-electron chi connectivity index (χ3n) is 4.79. The van der Waals surface area contributed by atoms with E-state index in [9.17, 15) is 4.79 Å². The summed E-state index contributed by atoms with van der Waals surface area (Å²) >= 11 is 0. The van der Waals surface area contributed by atoms with Gasteiger partial charge in [-0.2, -0.15) is 0 Å². The van der Waals surface area contributed by atoms with Crippen LogP contribution in [-0.2, 0) is 4.79 Å². The third kappa shape index (κ3) is 3.90. The molecule has 0 spiro atoms. The number of ether oxygens (including phenoxy) is 2. The van der Waals surface area contributed by atoms with Crippen LogP contribution in [0.15, 0.2) is 48.5 Å². The number of benzene rings is 2. The van der Waals surface area contributed by atoms with E-state index in [1.54, 1.807) is 20.3 Å². The van der Waals surface area contributed by atoms with Crippen molar-refractivity contribution in [2.24, 2.45) is 0 Å². The molecule has 1 atom stereocenters. The van der Waals surface area contributed by atoms with Crippen LogP contribution in [0.1, 0.15) is 35.6 Å². The number of rotatable bonds is 5. The molecule has 3 rings (SSSR count). The maximum Gasteiger partial charge on any atom is 0.247 e. The fraction of sp³-hybridized carbons (Fsp3) is 0.318. The Morgan fingerprint density at radius 2 is 2.00 bits per heavy atom. The average molecular weight is 351 g/mol. The maximum atomic E-state index is 12.8. The number of hydrogen-bond donors (Lipinski definition) is 0. The number of amides is 1. The van der Waals surface area contributed by atoms with Crippen molar-refractivity contribution < 1.29 is 14.3 Å². The van der Waals surface area contributed by atoms with Crippen LogP contribution >= 0.6 is 0 Å². The van der Waals surface area contributed by atoms with Gasteiger partial charge in [0.05, 0.1) is 20.3 Å². The lowest BCUT2D eigenvalue weighted by atomic mass is 10.0. The normalized spacial score (nSPS) is 16.9. The van der Waals surface area contributed by atoms with E-state index >= 15 is 0 Å². The van der Waals surface area contributed by atoms with E-state index in [0.717, 1.165) is 42.0 Å². The number of methoxy groups -OCH3 is 2. The van der Waals surface area contributed by atoms with Crippen LogP contribution in [0, 0.1) is 6.92 Å². The van der Waals surface area contributed by atoms with Gasteiger partial charge >= 0.3 is 0 Å². The molecule has 0 aromatic heterocycles. The highest BCUT2D eigenvalue weighted by atomic mass is 16.5. The molecule has 1 saturated heterocycles. The summed E-state index contributed by atoms with van der Waals surface area (Å²) in [5.41, 5.74) is 3.22. The van der Waals surface area contributed by atoms with Crippen LogP contribution in [0.25, 0.3) is 6.08 Å². The second kappa shape index (κ2) is 8.09. The van der Waals surface area contributed by atoms with Crippen LogP contribution in [-0.4, -0.2) is 31.6 Å². The van der Waals surface area contributed by atoms with E-state index in [4.69, 9.17) is 9.47 Å². The number of likely N-dealkylation sites (tertiary alicyclic amines) is 1. The largest absolute Gasteiger partial charge is 0.497 e. The SMILES string of the molecule is COc1ccc(OC)c([C@H]2CCCN2C(=O)/C=C/c2cccc(C)c2)c1. The van der Waals surface area contributed by atoms with E-state index < -0.39 is 0 Å². The molecule has 26 heavy (non-hydrogen) atoms. The molecule has 0 radical (unpaired) electrons. The van der Waals surface area contributed by atoms with Crippen LogP contribution in [0.5, 0.6) is 11.5 Å². The number of hydrogen-bond acceptors (Lipinski definition) is 3. The topological polar surface area (TPSA) is 38.8 Å². The zero-order chi connectivity index (χ0) is 18.5. The van der Waals surface area contributed by atoms with E-state index in [2.05, 4.69) is 6.07 Å². The molecule has 4 heteroatoms. The molecule has 1 fully saturated rings. The van der Waals surface area contributed by atoms with E-state index in [1.807, 2.05) is 54.3 Å². The molecule has 0 aliphatic carbocycles. The molecule has 0 saturated carbocycles. The summed E-state index contributed by atoms with van der Waals surface area (Å²) in [6, 6.07) is 13.9. The van der Waals surface area contributed by atoms with Crippen molar-refractivity contribution >= 4 is 12.0 Å². The second-order valence-electron chi connectivity index (χ2n) is 6.55. The molecular weight excluding hydrogens is 326 g/mol. The minimum Gasteiger partial charge on any atom is -0.497 e. The Morgan fingerprint density at radius 1 is 1.15 bits per heavy atom. The summed E-state index contributed by atoms with van der Waals surface area (Å²) in [4.78, 5) is 14.7. The van der Waals surface area contributed by atoms with E-state index in [1.165, 1.54) is 5.56 Å². The van der Waals surface area contributed by atoms with Gasteiger partial charge in [0.15, 0.2) is 0 Å². The van der Waals surface area contributed by atoms with Crippen molar-refractivity contribution in [2.45, 2.75) is 25.8 Å².